The number of aliphatic hydroxyl groups is 6. The fourth-order valence-electron chi connectivity index (χ4n) is 6.98. The van der Waals surface area contributed by atoms with Gasteiger partial charge < -0.3 is 84.2 Å². The largest absolute Gasteiger partial charge is 0.394 e. The molecule has 2 aliphatic carbocycles. The van der Waals surface area contributed by atoms with Crippen LogP contribution in [-0.4, -0.2) is 154 Å². The van der Waals surface area contributed by atoms with Gasteiger partial charge in [-0.25, -0.2) is 0 Å². The molecule has 2 saturated heterocycles. The van der Waals surface area contributed by atoms with Crippen molar-refractivity contribution in [1.82, 2.24) is 10.6 Å². The van der Waals surface area contributed by atoms with E-state index in [4.69, 9.17) is 42.9 Å². The summed E-state index contributed by atoms with van der Waals surface area (Å²) in [6.45, 7) is 0.170. The Kier molecular flexibility index (Phi) is 12.3. The van der Waals surface area contributed by atoms with Crippen LogP contribution in [0.3, 0.4) is 0 Å². The molecule has 4 aliphatic rings. The highest BCUT2D eigenvalue weighted by molar-refractivity contribution is 5.86. The zero-order valence-corrected chi connectivity index (χ0v) is 24.9. The Hall–Kier alpha value is -1.13. The summed E-state index contributed by atoms with van der Waals surface area (Å²) in [7, 11) is 0. The van der Waals surface area contributed by atoms with Crippen molar-refractivity contribution < 1.29 is 49.6 Å². The number of nitrogens with one attached hydrogen (secondary N) is 2. The van der Waals surface area contributed by atoms with Crippen molar-refractivity contribution in [2.24, 2.45) is 34.6 Å². The first kappa shape index (κ1) is 35.7. The van der Waals surface area contributed by atoms with Crippen molar-refractivity contribution in [3.63, 3.8) is 0 Å². The van der Waals surface area contributed by atoms with Gasteiger partial charge in [-0.2, -0.15) is 0 Å². The van der Waals surface area contributed by atoms with E-state index < -0.39 is 91.2 Å². The topological polar surface area (TPSA) is 320 Å². The SMILES string of the molecule is NCCC(O)CNC1CCC(CN)OC1C1C(N)CC(NC(=O)C2(O)CC(N)C2)C(OC2OC(CO)C(O)C(N)C2O)C1O. The van der Waals surface area contributed by atoms with Crippen LogP contribution in [0.2, 0.25) is 0 Å². The van der Waals surface area contributed by atoms with E-state index in [1.807, 2.05) is 0 Å². The van der Waals surface area contributed by atoms with Crippen molar-refractivity contribution in [1.29, 1.82) is 0 Å². The second kappa shape index (κ2) is 15.2. The van der Waals surface area contributed by atoms with Gasteiger partial charge in [0.25, 0.3) is 5.91 Å². The maximum absolute atomic E-state index is 13.1. The van der Waals surface area contributed by atoms with E-state index in [-0.39, 0.29) is 50.5 Å². The Morgan fingerprint density at radius 1 is 1.02 bits per heavy atom. The van der Waals surface area contributed by atoms with E-state index in [9.17, 15) is 35.4 Å². The van der Waals surface area contributed by atoms with E-state index >= 15 is 0 Å². The van der Waals surface area contributed by atoms with Crippen LogP contribution in [0.5, 0.6) is 0 Å². The molecular formula is C27H53N7O10. The zero-order chi connectivity index (χ0) is 32.3. The summed E-state index contributed by atoms with van der Waals surface area (Å²) in [4.78, 5) is 13.1. The molecule has 2 aliphatic heterocycles. The second-order valence-corrected chi connectivity index (χ2v) is 12.9. The van der Waals surface area contributed by atoms with Crippen LogP contribution in [0.15, 0.2) is 0 Å². The summed E-state index contributed by atoms with van der Waals surface area (Å²) in [6.07, 6.45) is -8.11. The number of amides is 1. The third kappa shape index (κ3) is 7.70. The lowest BCUT2D eigenvalue weighted by Gasteiger charge is -2.52. The minimum atomic E-state index is -1.69. The molecule has 0 aromatic carbocycles. The molecule has 14 atom stereocenters. The van der Waals surface area contributed by atoms with Gasteiger partial charge in [-0.3, -0.25) is 4.79 Å². The molecule has 256 valence electrons. The number of rotatable bonds is 12. The predicted molar refractivity (Wildman–Crippen MR) is 155 cm³/mol. The normalized spacial score (nSPS) is 47.1. The molecule has 4 fully saturated rings. The summed E-state index contributed by atoms with van der Waals surface area (Å²) >= 11 is 0. The Morgan fingerprint density at radius 3 is 2.34 bits per heavy atom. The predicted octanol–water partition coefficient (Wildman–Crippen LogP) is -6.64. The summed E-state index contributed by atoms with van der Waals surface area (Å²) in [5.74, 6) is -1.48. The van der Waals surface area contributed by atoms with E-state index in [2.05, 4.69) is 10.6 Å². The molecular weight excluding hydrogens is 582 g/mol. The van der Waals surface area contributed by atoms with Crippen LogP contribution in [0.4, 0.5) is 0 Å². The average molecular weight is 636 g/mol. The molecule has 2 heterocycles. The van der Waals surface area contributed by atoms with E-state index in [0.717, 1.165) is 0 Å². The lowest BCUT2D eigenvalue weighted by Crippen LogP contribution is -2.71. The first-order valence-electron chi connectivity index (χ1n) is 15.6. The zero-order valence-electron chi connectivity index (χ0n) is 24.9. The highest BCUT2D eigenvalue weighted by Crippen LogP contribution is 2.38. The third-order valence-electron chi connectivity index (χ3n) is 9.62. The van der Waals surface area contributed by atoms with Gasteiger partial charge in [-0.15, -0.1) is 0 Å². The summed E-state index contributed by atoms with van der Waals surface area (Å²) < 4.78 is 18.1. The Bertz CT molecular complexity index is 933. The number of carbonyl (C=O) groups is 1. The van der Waals surface area contributed by atoms with Gasteiger partial charge in [0, 0.05) is 50.0 Å². The van der Waals surface area contributed by atoms with Crippen molar-refractivity contribution in [2.75, 3.05) is 26.2 Å². The van der Waals surface area contributed by atoms with Crippen LogP contribution in [0.1, 0.15) is 38.5 Å². The van der Waals surface area contributed by atoms with Gasteiger partial charge in [-0.1, -0.05) is 0 Å². The number of carbonyl (C=O) groups excluding carboxylic acids is 1. The fourth-order valence-corrected chi connectivity index (χ4v) is 6.98. The molecule has 14 unspecified atom stereocenters. The lowest BCUT2D eigenvalue weighted by molar-refractivity contribution is -0.306. The molecule has 0 aromatic rings. The van der Waals surface area contributed by atoms with Crippen molar-refractivity contribution in [3.8, 4) is 0 Å². The van der Waals surface area contributed by atoms with Crippen molar-refractivity contribution in [2.45, 2.75) is 129 Å². The summed E-state index contributed by atoms with van der Waals surface area (Å²) in [5.41, 5.74) is 28.3. The van der Waals surface area contributed by atoms with Crippen LogP contribution >= 0.6 is 0 Å². The molecule has 0 bridgehead atoms. The quantitative estimate of drug-likeness (QED) is 0.0947. The average Bonchev–Trinajstić information content (AvgIpc) is 2.97. The number of hydrogen-bond acceptors (Lipinski definition) is 16. The maximum atomic E-state index is 13.1. The van der Waals surface area contributed by atoms with Gasteiger partial charge in [0.15, 0.2) is 6.29 Å². The minimum absolute atomic E-state index is 0.0590. The number of ether oxygens (including phenoxy) is 3. The van der Waals surface area contributed by atoms with Crippen molar-refractivity contribution in [3.05, 3.63) is 0 Å². The highest BCUT2D eigenvalue weighted by atomic mass is 16.7. The highest BCUT2D eigenvalue weighted by Gasteiger charge is 2.55. The van der Waals surface area contributed by atoms with Crippen LogP contribution in [-0.2, 0) is 19.0 Å². The van der Waals surface area contributed by atoms with E-state index in [1.54, 1.807) is 0 Å². The minimum Gasteiger partial charge on any atom is -0.394 e. The van der Waals surface area contributed by atoms with Crippen molar-refractivity contribution >= 4 is 5.91 Å². The first-order chi connectivity index (χ1) is 20.8. The molecule has 0 spiro atoms. The lowest BCUT2D eigenvalue weighted by atomic mass is 9.71. The van der Waals surface area contributed by atoms with Gasteiger partial charge in [0.2, 0.25) is 0 Å². The standard InChI is InChI=1S/C27H53N7O10/c28-4-3-12(36)9-33-15-2-1-13(8-29)42-23(15)18-14(31)5-16(34-26(40)27(41)6-11(30)7-27)24(21(18)38)44-25-22(39)19(32)20(37)17(10-35)43-25/h11-25,33,35-39,41H,1-10,28-32H2,(H,34,40). The Labute approximate surface area is 256 Å². The van der Waals surface area contributed by atoms with Crippen LogP contribution in [0, 0.1) is 5.92 Å². The second-order valence-electron chi connectivity index (χ2n) is 12.9. The number of nitrogens with two attached hydrogens (primary N) is 5. The Balaban J connectivity index is 1.60. The Morgan fingerprint density at radius 2 is 1.73 bits per heavy atom. The molecule has 17 heteroatoms. The van der Waals surface area contributed by atoms with Gasteiger partial charge in [0.05, 0.1) is 43.1 Å². The molecule has 0 aromatic heterocycles. The molecule has 1 amide bonds. The maximum Gasteiger partial charge on any atom is 0.252 e. The molecule has 18 N–H and O–H groups in total. The fraction of sp³-hybridized carbons (Fsp3) is 0.963. The van der Waals surface area contributed by atoms with Crippen LogP contribution in [0.25, 0.3) is 0 Å². The first-order valence-corrected chi connectivity index (χ1v) is 15.6. The number of aliphatic hydroxyl groups excluding tert-OH is 5. The summed E-state index contributed by atoms with van der Waals surface area (Å²) in [5, 5.41) is 69.9. The van der Waals surface area contributed by atoms with Gasteiger partial charge in [-0.05, 0) is 32.2 Å². The van der Waals surface area contributed by atoms with Gasteiger partial charge >= 0.3 is 0 Å². The monoisotopic (exact) mass is 635 g/mol. The van der Waals surface area contributed by atoms with E-state index in [0.29, 0.717) is 25.8 Å². The molecule has 17 nitrogen and oxygen atoms in total. The smallest absolute Gasteiger partial charge is 0.252 e. The van der Waals surface area contributed by atoms with Gasteiger partial charge in [0.1, 0.15) is 30.0 Å². The third-order valence-corrected chi connectivity index (χ3v) is 9.62. The molecule has 0 radical (unpaired) electrons. The molecule has 44 heavy (non-hydrogen) atoms. The molecule has 2 saturated carbocycles. The van der Waals surface area contributed by atoms with E-state index in [1.165, 1.54) is 0 Å². The van der Waals surface area contributed by atoms with Crippen LogP contribution < -0.4 is 39.3 Å². The number of hydrogen-bond donors (Lipinski definition) is 13. The molecule has 4 rings (SSSR count). The summed E-state index contributed by atoms with van der Waals surface area (Å²) in [6, 6.07) is -3.60.